The Labute approximate surface area is 275 Å². The molecule has 0 amide bonds. The molecule has 1 unspecified atom stereocenters. The van der Waals surface area contributed by atoms with Gasteiger partial charge in [0.15, 0.2) is 0 Å². The zero-order valence-corrected chi connectivity index (χ0v) is 26.8. The van der Waals surface area contributed by atoms with E-state index >= 15 is 0 Å². The van der Waals surface area contributed by atoms with Gasteiger partial charge in [0.1, 0.15) is 5.82 Å². The molecular formula is C34H32Cl2N4O6. The number of carboxylic acid groups (broad SMARTS) is 1. The van der Waals surface area contributed by atoms with E-state index in [1.165, 1.54) is 12.1 Å². The number of aromatic carboxylic acids is 1. The molecule has 1 saturated carbocycles. The number of benzene rings is 2. The Kier molecular flexibility index (Phi) is 8.62. The van der Waals surface area contributed by atoms with Gasteiger partial charge in [0.25, 0.3) is 0 Å². The fourth-order valence-electron chi connectivity index (χ4n) is 5.90. The van der Waals surface area contributed by atoms with Gasteiger partial charge in [-0.1, -0.05) is 41.4 Å². The second-order valence-electron chi connectivity index (χ2n) is 11.8. The smallest absolute Gasteiger partial charge is 0.350 e. The first-order valence-corrected chi connectivity index (χ1v) is 15.7. The lowest BCUT2D eigenvalue weighted by atomic mass is 9.86. The monoisotopic (exact) mass is 662 g/mol. The van der Waals surface area contributed by atoms with Crippen LogP contribution in [-0.4, -0.2) is 49.8 Å². The van der Waals surface area contributed by atoms with Gasteiger partial charge < -0.3 is 14.6 Å². The fraction of sp³-hybridized carbons (Fsp3) is 0.324. The second-order valence-corrected chi connectivity index (χ2v) is 12.6. The van der Waals surface area contributed by atoms with Crippen LogP contribution in [0, 0.1) is 6.92 Å². The Morgan fingerprint density at radius 2 is 1.80 bits per heavy atom. The number of nitrogens with zero attached hydrogens (tertiary/aromatic N) is 3. The lowest BCUT2D eigenvalue weighted by molar-refractivity contribution is -0.171. The number of fused-ring (bicyclic) bond motifs is 3. The van der Waals surface area contributed by atoms with Gasteiger partial charge >= 0.3 is 17.9 Å². The molecule has 3 heterocycles. The molecule has 1 aliphatic heterocycles. The fourth-order valence-corrected chi connectivity index (χ4v) is 6.22. The summed E-state index contributed by atoms with van der Waals surface area (Å²) in [6.07, 6.45) is 5.03. The average molecular weight is 664 g/mol. The lowest BCUT2D eigenvalue weighted by Gasteiger charge is -2.33. The molecule has 2 atom stereocenters. The van der Waals surface area contributed by atoms with Crippen molar-refractivity contribution in [3.63, 3.8) is 0 Å². The van der Waals surface area contributed by atoms with Crippen LogP contribution in [0.3, 0.4) is 0 Å². The highest BCUT2D eigenvalue weighted by atomic mass is 35.5. The SMILES string of the molecule is Cc1cnc2n1-c1cc(Cl)c(Cl)cc1C(C)(c1ccccn1)N[C@H]2CCC(=O)OC1(C(=O)OCCc2ccc(C(=O)O)cc2)CC1. The molecule has 46 heavy (non-hydrogen) atoms. The molecule has 2 aromatic heterocycles. The molecule has 10 nitrogen and oxygen atoms in total. The highest BCUT2D eigenvalue weighted by Crippen LogP contribution is 2.44. The summed E-state index contributed by atoms with van der Waals surface area (Å²) in [6.45, 7) is 4.05. The number of carboxylic acids is 1. The van der Waals surface area contributed by atoms with Crippen LogP contribution in [0.15, 0.2) is 67.0 Å². The maximum Gasteiger partial charge on any atom is 0.350 e. The minimum atomic E-state index is -1.28. The summed E-state index contributed by atoms with van der Waals surface area (Å²) < 4.78 is 13.2. The second kappa shape index (κ2) is 12.5. The van der Waals surface area contributed by atoms with E-state index in [1.807, 2.05) is 48.7 Å². The number of hydrogen-bond donors (Lipinski definition) is 2. The Bertz CT molecular complexity index is 1810. The van der Waals surface area contributed by atoms with Crippen LogP contribution in [-0.2, 0) is 31.0 Å². The number of halogens is 2. The minimum absolute atomic E-state index is 0.0185. The van der Waals surface area contributed by atoms with E-state index in [1.54, 1.807) is 24.5 Å². The summed E-state index contributed by atoms with van der Waals surface area (Å²) >= 11 is 13.1. The zero-order chi connectivity index (χ0) is 32.6. The number of carbonyl (C=O) groups excluding carboxylic acids is 2. The normalized spacial score (nSPS) is 19.3. The first-order valence-electron chi connectivity index (χ1n) is 15.0. The Morgan fingerprint density at radius 3 is 2.48 bits per heavy atom. The first-order chi connectivity index (χ1) is 22.0. The van der Waals surface area contributed by atoms with Gasteiger partial charge in [-0.2, -0.15) is 0 Å². The van der Waals surface area contributed by atoms with Crippen LogP contribution in [0.5, 0.6) is 0 Å². The van der Waals surface area contributed by atoms with Gasteiger partial charge in [-0.15, -0.1) is 0 Å². The third-order valence-electron chi connectivity index (χ3n) is 8.58. The third-order valence-corrected chi connectivity index (χ3v) is 9.30. The molecule has 2 N–H and O–H groups in total. The van der Waals surface area contributed by atoms with Crippen molar-refractivity contribution in [2.75, 3.05) is 6.61 Å². The summed E-state index contributed by atoms with van der Waals surface area (Å²) in [5.41, 5.74) is 2.20. The molecule has 12 heteroatoms. The number of carbonyl (C=O) groups is 3. The molecule has 4 aromatic rings. The van der Waals surface area contributed by atoms with Gasteiger partial charge in [-0.3, -0.25) is 19.7 Å². The van der Waals surface area contributed by atoms with Gasteiger partial charge in [0.05, 0.1) is 45.2 Å². The Hall–Kier alpha value is -4.25. The summed E-state index contributed by atoms with van der Waals surface area (Å²) in [6, 6.07) is 15.3. The maximum absolute atomic E-state index is 13.2. The van der Waals surface area contributed by atoms with Gasteiger partial charge in [0.2, 0.25) is 5.60 Å². The number of aromatic nitrogens is 3. The van der Waals surface area contributed by atoms with Crippen molar-refractivity contribution in [1.82, 2.24) is 19.9 Å². The standard InChI is InChI=1S/C34H32Cl2N4O6/c1-20-19-38-30-26(39-33(2,28-5-3-4-15-37-28)23-17-24(35)25(36)18-27(23)40(20)30)10-11-29(41)46-34(13-14-34)32(44)45-16-12-21-6-8-22(9-7-21)31(42)43/h3-9,15,17-19,26,39H,10-14,16H2,1-2H3,(H,42,43)/t26-,33?/m0/s1. The molecular weight excluding hydrogens is 631 g/mol. The summed E-state index contributed by atoms with van der Waals surface area (Å²) in [5, 5.41) is 13.6. The predicted molar refractivity (Wildman–Crippen MR) is 170 cm³/mol. The number of nitrogens with one attached hydrogen (secondary N) is 1. The number of ether oxygens (including phenoxy) is 2. The van der Waals surface area contributed by atoms with Crippen LogP contribution in [0.25, 0.3) is 5.69 Å². The van der Waals surface area contributed by atoms with Gasteiger partial charge in [-0.25, -0.2) is 14.6 Å². The zero-order valence-electron chi connectivity index (χ0n) is 25.3. The molecule has 1 fully saturated rings. The molecule has 6 rings (SSSR count). The number of imidazole rings is 1. The van der Waals surface area contributed by atoms with Crippen molar-refractivity contribution in [2.24, 2.45) is 0 Å². The van der Waals surface area contributed by atoms with E-state index in [2.05, 4.69) is 10.3 Å². The molecule has 1 aliphatic carbocycles. The third kappa shape index (κ3) is 6.12. The van der Waals surface area contributed by atoms with Crippen molar-refractivity contribution >= 4 is 41.1 Å². The number of rotatable bonds is 10. The molecule has 0 saturated heterocycles. The van der Waals surface area contributed by atoms with Crippen molar-refractivity contribution in [3.8, 4) is 5.69 Å². The van der Waals surface area contributed by atoms with Crippen molar-refractivity contribution in [3.05, 3.63) is 111 Å². The Morgan fingerprint density at radius 1 is 1.07 bits per heavy atom. The van der Waals surface area contributed by atoms with Crippen molar-refractivity contribution < 1.29 is 29.0 Å². The van der Waals surface area contributed by atoms with E-state index in [9.17, 15) is 14.4 Å². The minimum Gasteiger partial charge on any atom is -0.478 e. The number of pyridine rings is 1. The lowest BCUT2D eigenvalue weighted by Crippen LogP contribution is -2.43. The van der Waals surface area contributed by atoms with Crippen LogP contribution >= 0.6 is 23.2 Å². The van der Waals surface area contributed by atoms with Crippen LogP contribution in [0.1, 0.15) is 77.3 Å². The number of esters is 2. The van der Waals surface area contributed by atoms with Gasteiger partial charge in [0, 0.05) is 49.3 Å². The van der Waals surface area contributed by atoms with Crippen molar-refractivity contribution in [1.29, 1.82) is 0 Å². The van der Waals surface area contributed by atoms with Gasteiger partial charge in [-0.05, 0) is 62.2 Å². The number of hydrogen-bond acceptors (Lipinski definition) is 8. The van der Waals surface area contributed by atoms with E-state index in [0.717, 1.165) is 28.2 Å². The Balaban J connectivity index is 1.16. The predicted octanol–water partition coefficient (Wildman–Crippen LogP) is 6.13. The van der Waals surface area contributed by atoms with E-state index in [-0.39, 0.29) is 18.6 Å². The molecule has 238 valence electrons. The highest BCUT2D eigenvalue weighted by molar-refractivity contribution is 6.42. The van der Waals surface area contributed by atoms with Crippen LogP contribution < -0.4 is 5.32 Å². The van der Waals surface area contributed by atoms with E-state index in [4.69, 9.17) is 42.8 Å². The van der Waals surface area contributed by atoms with Crippen LogP contribution in [0.2, 0.25) is 10.0 Å². The summed E-state index contributed by atoms with van der Waals surface area (Å²) in [5.74, 6) is -1.40. The quantitative estimate of drug-likeness (QED) is 0.192. The molecule has 0 radical (unpaired) electrons. The van der Waals surface area contributed by atoms with Crippen LogP contribution in [0.4, 0.5) is 0 Å². The highest BCUT2D eigenvalue weighted by Gasteiger charge is 2.55. The van der Waals surface area contributed by atoms with E-state index in [0.29, 0.717) is 41.6 Å². The first kappa shape index (κ1) is 31.7. The summed E-state index contributed by atoms with van der Waals surface area (Å²) in [7, 11) is 0. The largest absolute Gasteiger partial charge is 0.478 e. The molecule has 2 aromatic carbocycles. The number of aryl methyl sites for hydroxylation is 1. The molecule has 0 spiro atoms. The maximum atomic E-state index is 13.2. The van der Waals surface area contributed by atoms with E-state index < -0.39 is 35.1 Å². The molecule has 0 bridgehead atoms. The summed E-state index contributed by atoms with van der Waals surface area (Å²) in [4.78, 5) is 46.5. The van der Waals surface area contributed by atoms with Crippen molar-refractivity contribution in [2.45, 2.75) is 63.1 Å². The topological polar surface area (TPSA) is 133 Å². The molecule has 2 aliphatic rings. The average Bonchev–Trinajstić information content (AvgIpc) is 3.74.